The zero-order valence-corrected chi connectivity index (χ0v) is 22.4. The van der Waals surface area contributed by atoms with Gasteiger partial charge in [0.05, 0.1) is 29.4 Å². The lowest BCUT2D eigenvalue weighted by Gasteiger charge is -2.29. The van der Waals surface area contributed by atoms with Gasteiger partial charge in [0.2, 0.25) is 11.8 Å². The second-order valence-electron chi connectivity index (χ2n) is 10.7. The quantitative estimate of drug-likeness (QED) is 0.468. The van der Waals surface area contributed by atoms with Crippen molar-refractivity contribution in [2.24, 2.45) is 5.92 Å². The lowest BCUT2D eigenvalue weighted by molar-refractivity contribution is -0.129. The van der Waals surface area contributed by atoms with Gasteiger partial charge in [-0.3, -0.25) is 19.5 Å². The Kier molecular flexibility index (Phi) is 8.45. The van der Waals surface area contributed by atoms with Crippen molar-refractivity contribution >= 4 is 34.5 Å². The summed E-state index contributed by atoms with van der Waals surface area (Å²) in [6.45, 7) is 5.31. The number of pyridine rings is 1. The smallest absolute Gasteiger partial charge is 0.411 e. The summed E-state index contributed by atoms with van der Waals surface area (Å²) in [5.41, 5.74) is 1.59. The van der Waals surface area contributed by atoms with Gasteiger partial charge >= 0.3 is 6.09 Å². The Morgan fingerprint density at radius 3 is 2.56 bits per heavy atom. The van der Waals surface area contributed by atoms with E-state index in [1.54, 1.807) is 27.0 Å². The van der Waals surface area contributed by atoms with E-state index in [2.05, 4.69) is 21.7 Å². The van der Waals surface area contributed by atoms with Crippen molar-refractivity contribution in [2.75, 3.05) is 11.9 Å². The SMILES string of the molecule is CC(C)(C)OC(=O)N1CC(C#N)CC1C(=O)NC(CCc1ccccc1)C(=O)Nc1cnc2ccccc2c1. The zero-order valence-electron chi connectivity index (χ0n) is 22.4. The van der Waals surface area contributed by atoms with E-state index in [0.29, 0.717) is 18.5 Å². The second-order valence-corrected chi connectivity index (χ2v) is 10.7. The molecule has 0 bridgehead atoms. The number of likely N-dealkylation sites (tertiary alicyclic amines) is 1. The van der Waals surface area contributed by atoms with Crippen molar-refractivity contribution in [1.29, 1.82) is 5.26 Å². The fraction of sp³-hybridized carbons (Fsp3) is 0.367. The van der Waals surface area contributed by atoms with E-state index in [0.717, 1.165) is 16.5 Å². The molecule has 9 heteroatoms. The minimum atomic E-state index is -0.918. The molecule has 3 aromatic rings. The van der Waals surface area contributed by atoms with Gasteiger partial charge in [0.15, 0.2) is 0 Å². The molecule has 2 N–H and O–H groups in total. The first-order valence-corrected chi connectivity index (χ1v) is 13.0. The van der Waals surface area contributed by atoms with Gasteiger partial charge in [0, 0.05) is 11.9 Å². The summed E-state index contributed by atoms with van der Waals surface area (Å²) in [5, 5.41) is 16.1. The molecule has 39 heavy (non-hydrogen) atoms. The van der Waals surface area contributed by atoms with E-state index in [-0.39, 0.29) is 13.0 Å². The van der Waals surface area contributed by atoms with Crippen LogP contribution in [-0.2, 0) is 20.7 Å². The molecule has 1 saturated heterocycles. The molecule has 0 radical (unpaired) electrons. The number of carbonyl (C=O) groups excluding carboxylic acids is 3. The molecule has 0 saturated carbocycles. The molecule has 0 spiro atoms. The van der Waals surface area contributed by atoms with Gasteiger partial charge in [-0.25, -0.2) is 4.79 Å². The molecule has 1 aromatic heterocycles. The Morgan fingerprint density at radius 1 is 1.13 bits per heavy atom. The maximum absolute atomic E-state index is 13.5. The summed E-state index contributed by atoms with van der Waals surface area (Å²) < 4.78 is 5.48. The van der Waals surface area contributed by atoms with Crippen molar-refractivity contribution in [3.8, 4) is 6.07 Å². The molecule has 2 aromatic carbocycles. The molecule has 3 unspecified atom stereocenters. The average molecular weight is 528 g/mol. The van der Waals surface area contributed by atoms with Crippen molar-refractivity contribution in [2.45, 2.75) is 57.7 Å². The Hall–Kier alpha value is -4.45. The number of aryl methyl sites for hydroxylation is 1. The third-order valence-corrected chi connectivity index (χ3v) is 6.47. The third kappa shape index (κ3) is 7.32. The molecule has 3 amide bonds. The van der Waals surface area contributed by atoms with Crippen molar-refractivity contribution < 1.29 is 19.1 Å². The highest BCUT2D eigenvalue weighted by molar-refractivity contribution is 5.99. The van der Waals surface area contributed by atoms with Crippen molar-refractivity contribution in [1.82, 2.24) is 15.2 Å². The number of nitrogens with one attached hydrogen (secondary N) is 2. The van der Waals surface area contributed by atoms with Crippen LogP contribution in [0.4, 0.5) is 10.5 Å². The zero-order chi connectivity index (χ0) is 28.0. The molecule has 1 aliphatic rings. The molecule has 2 heterocycles. The summed E-state index contributed by atoms with van der Waals surface area (Å²) in [6.07, 6.45) is 1.98. The number of nitriles is 1. The normalized spacial score (nSPS) is 17.7. The van der Waals surface area contributed by atoms with E-state index in [1.165, 1.54) is 4.90 Å². The van der Waals surface area contributed by atoms with Gasteiger partial charge in [-0.15, -0.1) is 0 Å². The summed E-state index contributed by atoms with van der Waals surface area (Å²) in [4.78, 5) is 45.4. The van der Waals surface area contributed by atoms with Crippen LogP contribution in [0.1, 0.15) is 39.2 Å². The predicted octanol–water partition coefficient (Wildman–Crippen LogP) is 4.44. The van der Waals surface area contributed by atoms with Crippen LogP contribution in [-0.4, -0.2) is 52.0 Å². The molecule has 0 aliphatic carbocycles. The first kappa shape index (κ1) is 27.6. The van der Waals surface area contributed by atoms with Crippen LogP contribution < -0.4 is 10.6 Å². The summed E-state index contributed by atoms with van der Waals surface area (Å²) in [5.74, 6) is -1.40. The largest absolute Gasteiger partial charge is 0.444 e. The third-order valence-electron chi connectivity index (χ3n) is 6.47. The molecule has 1 aliphatic heterocycles. The van der Waals surface area contributed by atoms with E-state index in [1.807, 2.05) is 60.7 Å². The number of hydrogen-bond acceptors (Lipinski definition) is 6. The van der Waals surface area contributed by atoms with Crippen LogP contribution in [0.2, 0.25) is 0 Å². The average Bonchev–Trinajstić information content (AvgIpc) is 3.36. The fourth-order valence-corrected chi connectivity index (χ4v) is 4.56. The van der Waals surface area contributed by atoms with Gasteiger partial charge in [0.1, 0.15) is 17.7 Å². The van der Waals surface area contributed by atoms with Crippen LogP contribution in [0.25, 0.3) is 10.9 Å². The lowest BCUT2D eigenvalue weighted by Crippen LogP contribution is -2.52. The molecule has 202 valence electrons. The summed E-state index contributed by atoms with van der Waals surface area (Å²) in [7, 11) is 0. The highest BCUT2D eigenvalue weighted by Gasteiger charge is 2.42. The maximum Gasteiger partial charge on any atom is 0.411 e. The highest BCUT2D eigenvalue weighted by Crippen LogP contribution is 2.26. The molecular weight excluding hydrogens is 494 g/mol. The number of anilines is 1. The van der Waals surface area contributed by atoms with Crippen LogP contribution in [0.5, 0.6) is 0 Å². The number of nitrogens with zero attached hydrogens (tertiary/aromatic N) is 3. The topological polar surface area (TPSA) is 124 Å². The fourth-order valence-electron chi connectivity index (χ4n) is 4.56. The minimum Gasteiger partial charge on any atom is -0.444 e. The number of para-hydroxylation sites is 1. The first-order valence-electron chi connectivity index (χ1n) is 13.0. The van der Waals surface area contributed by atoms with Gasteiger partial charge in [-0.05, 0) is 57.7 Å². The highest BCUT2D eigenvalue weighted by atomic mass is 16.6. The number of amides is 3. The van der Waals surface area contributed by atoms with Crippen LogP contribution in [0.3, 0.4) is 0 Å². The number of ether oxygens (including phenoxy) is 1. The molecule has 4 rings (SSSR count). The van der Waals surface area contributed by atoms with Crippen LogP contribution in [0, 0.1) is 17.2 Å². The van der Waals surface area contributed by atoms with E-state index >= 15 is 0 Å². The number of benzene rings is 2. The molecule has 1 fully saturated rings. The minimum absolute atomic E-state index is 0.0904. The predicted molar refractivity (Wildman–Crippen MR) is 148 cm³/mol. The van der Waals surface area contributed by atoms with Crippen LogP contribution >= 0.6 is 0 Å². The second kappa shape index (κ2) is 11.9. The number of hydrogen-bond donors (Lipinski definition) is 2. The maximum atomic E-state index is 13.5. The summed E-state index contributed by atoms with van der Waals surface area (Å²) in [6, 6.07) is 19.4. The van der Waals surface area contributed by atoms with Crippen molar-refractivity contribution in [3.05, 3.63) is 72.4 Å². The first-order chi connectivity index (χ1) is 18.6. The van der Waals surface area contributed by atoms with Gasteiger partial charge in [0.25, 0.3) is 0 Å². The van der Waals surface area contributed by atoms with E-state index in [9.17, 15) is 19.6 Å². The van der Waals surface area contributed by atoms with Gasteiger partial charge in [-0.1, -0.05) is 48.5 Å². The lowest BCUT2D eigenvalue weighted by atomic mass is 10.0. The number of fused-ring (bicyclic) bond motifs is 1. The Balaban J connectivity index is 1.52. The Morgan fingerprint density at radius 2 is 1.85 bits per heavy atom. The van der Waals surface area contributed by atoms with E-state index < -0.39 is 41.5 Å². The van der Waals surface area contributed by atoms with Gasteiger partial charge in [-0.2, -0.15) is 5.26 Å². The molecule has 9 nitrogen and oxygen atoms in total. The Labute approximate surface area is 228 Å². The number of aromatic nitrogens is 1. The number of carbonyl (C=O) groups is 3. The summed E-state index contributed by atoms with van der Waals surface area (Å²) >= 11 is 0. The van der Waals surface area contributed by atoms with Crippen LogP contribution in [0.15, 0.2) is 66.9 Å². The van der Waals surface area contributed by atoms with E-state index in [4.69, 9.17) is 4.74 Å². The molecular formula is C30H33N5O4. The molecule has 3 atom stereocenters. The monoisotopic (exact) mass is 527 g/mol. The van der Waals surface area contributed by atoms with Gasteiger partial charge < -0.3 is 15.4 Å². The van der Waals surface area contributed by atoms with Crippen molar-refractivity contribution in [3.63, 3.8) is 0 Å². The Bertz CT molecular complexity index is 1380. The standard InChI is InChI=1S/C30H33N5O4/c1-30(2,3)39-29(38)35-19-21(17-31)15-26(35)28(37)34-25(14-13-20-9-5-4-6-10-20)27(36)33-23-16-22-11-7-8-12-24(22)32-18-23/h4-12,16,18,21,25-26H,13-15,19H2,1-3H3,(H,33,36)(H,34,37). The number of rotatable bonds is 7.